The molecule has 2 heterocycles. The second-order valence-corrected chi connectivity index (χ2v) is 7.87. The molecular formula is C23H24F2N6O. The second-order valence-electron chi connectivity index (χ2n) is 7.87. The van der Waals surface area contributed by atoms with E-state index in [4.69, 9.17) is 11.5 Å². The molecule has 7 nitrogen and oxygen atoms in total. The number of pyridine rings is 2. The lowest BCUT2D eigenvalue weighted by Crippen LogP contribution is -2.43. The van der Waals surface area contributed by atoms with Crippen molar-refractivity contribution in [1.82, 2.24) is 9.97 Å². The molecule has 0 bridgehead atoms. The number of amides is 1. The Balaban J connectivity index is 1.64. The second kappa shape index (κ2) is 9.27. The molecule has 1 fully saturated rings. The fourth-order valence-electron chi connectivity index (χ4n) is 3.83. The highest BCUT2D eigenvalue weighted by Crippen LogP contribution is 2.28. The number of primary amides is 1. The van der Waals surface area contributed by atoms with E-state index in [1.807, 2.05) is 0 Å². The predicted molar refractivity (Wildman–Crippen MR) is 119 cm³/mol. The summed E-state index contributed by atoms with van der Waals surface area (Å²) in [5.41, 5.74) is 13.5. The Morgan fingerprint density at radius 3 is 2.47 bits per heavy atom. The van der Waals surface area contributed by atoms with Gasteiger partial charge in [0.05, 0.1) is 17.4 Å². The SMILES string of the molecule is NC(=O)c1cc(F)c(N[C@@H]2CCCC[C@@H]2N)nc1Nc1cncc(-c2ccc(F)cc2)c1. The van der Waals surface area contributed by atoms with Gasteiger partial charge in [0.1, 0.15) is 11.6 Å². The van der Waals surface area contributed by atoms with Gasteiger partial charge in [0.25, 0.3) is 5.91 Å². The van der Waals surface area contributed by atoms with Crippen LogP contribution in [0.15, 0.2) is 48.8 Å². The third-order valence-corrected chi connectivity index (χ3v) is 5.56. The molecule has 1 amide bonds. The van der Waals surface area contributed by atoms with E-state index in [-0.39, 0.29) is 35.1 Å². The zero-order chi connectivity index (χ0) is 22.7. The predicted octanol–water partition coefficient (Wildman–Crippen LogP) is 3.95. The number of nitrogens with two attached hydrogens (primary N) is 2. The molecule has 1 aromatic carbocycles. The fourth-order valence-corrected chi connectivity index (χ4v) is 3.83. The Hall–Kier alpha value is -3.59. The van der Waals surface area contributed by atoms with Gasteiger partial charge in [0.2, 0.25) is 0 Å². The summed E-state index contributed by atoms with van der Waals surface area (Å²) in [4.78, 5) is 20.4. The van der Waals surface area contributed by atoms with E-state index in [9.17, 15) is 13.6 Å². The lowest BCUT2D eigenvalue weighted by Gasteiger charge is -2.30. The number of benzene rings is 1. The zero-order valence-corrected chi connectivity index (χ0v) is 17.3. The normalized spacial score (nSPS) is 18.2. The fraction of sp³-hybridized carbons (Fsp3) is 0.261. The van der Waals surface area contributed by atoms with Gasteiger partial charge in [-0.15, -0.1) is 0 Å². The van der Waals surface area contributed by atoms with Gasteiger partial charge in [-0.3, -0.25) is 9.78 Å². The van der Waals surface area contributed by atoms with Crippen molar-refractivity contribution in [2.45, 2.75) is 37.8 Å². The Bertz CT molecular complexity index is 1120. The molecule has 9 heteroatoms. The molecule has 1 aliphatic rings. The molecule has 6 N–H and O–H groups in total. The lowest BCUT2D eigenvalue weighted by atomic mass is 9.91. The maximum atomic E-state index is 14.7. The van der Waals surface area contributed by atoms with Crippen LogP contribution in [0.1, 0.15) is 36.0 Å². The van der Waals surface area contributed by atoms with E-state index in [0.717, 1.165) is 42.9 Å². The lowest BCUT2D eigenvalue weighted by molar-refractivity contribution is 0.100. The minimum atomic E-state index is -0.817. The Morgan fingerprint density at radius 1 is 1.00 bits per heavy atom. The number of halogens is 2. The first-order valence-corrected chi connectivity index (χ1v) is 10.4. The Kier molecular flexibility index (Phi) is 6.27. The van der Waals surface area contributed by atoms with Crippen LogP contribution >= 0.6 is 0 Å². The summed E-state index contributed by atoms with van der Waals surface area (Å²) in [6.07, 6.45) is 6.87. The van der Waals surface area contributed by atoms with Gasteiger partial charge in [-0.05, 0) is 42.7 Å². The highest BCUT2D eigenvalue weighted by atomic mass is 19.1. The highest BCUT2D eigenvalue weighted by Gasteiger charge is 2.24. The number of hydrogen-bond acceptors (Lipinski definition) is 6. The van der Waals surface area contributed by atoms with E-state index in [2.05, 4.69) is 20.6 Å². The first kappa shape index (κ1) is 21.6. The topological polar surface area (TPSA) is 119 Å². The minimum Gasteiger partial charge on any atom is -0.365 e. The van der Waals surface area contributed by atoms with Crippen LogP contribution in [-0.2, 0) is 0 Å². The van der Waals surface area contributed by atoms with Crippen molar-refractivity contribution in [3.63, 3.8) is 0 Å². The third-order valence-electron chi connectivity index (χ3n) is 5.56. The van der Waals surface area contributed by atoms with Crippen LogP contribution < -0.4 is 22.1 Å². The number of carbonyl (C=O) groups is 1. The average molecular weight is 438 g/mol. The largest absolute Gasteiger partial charge is 0.365 e. The summed E-state index contributed by atoms with van der Waals surface area (Å²) in [6, 6.07) is 8.60. The molecule has 4 rings (SSSR count). The zero-order valence-electron chi connectivity index (χ0n) is 17.3. The molecule has 0 aliphatic heterocycles. The van der Waals surface area contributed by atoms with Crippen LogP contribution in [0.25, 0.3) is 11.1 Å². The van der Waals surface area contributed by atoms with Gasteiger partial charge >= 0.3 is 0 Å². The van der Waals surface area contributed by atoms with Crippen LogP contribution in [0.2, 0.25) is 0 Å². The maximum absolute atomic E-state index is 14.7. The van der Waals surface area contributed by atoms with Gasteiger partial charge in [0, 0.05) is 23.8 Å². The summed E-state index contributed by atoms with van der Waals surface area (Å²) >= 11 is 0. The summed E-state index contributed by atoms with van der Waals surface area (Å²) < 4.78 is 27.9. The molecule has 32 heavy (non-hydrogen) atoms. The van der Waals surface area contributed by atoms with Crippen molar-refractivity contribution in [3.8, 4) is 11.1 Å². The summed E-state index contributed by atoms with van der Waals surface area (Å²) in [5.74, 6) is -1.73. The van der Waals surface area contributed by atoms with E-state index in [1.54, 1.807) is 24.4 Å². The van der Waals surface area contributed by atoms with Crippen molar-refractivity contribution in [3.05, 3.63) is 66.0 Å². The summed E-state index contributed by atoms with van der Waals surface area (Å²) in [6.45, 7) is 0. The Morgan fingerprint density at radius 2 is 1.75 bits per heavy atom. The van der Waals surface area contributed by atoms with Crippen molar-refractivity contribution >= 4 is 23.2 Å². The monoisotopic (exact) mass is 438 g/mol. The number of nitrogens with one attached hydrogen (secondary N) is 2. The van der Waals surface area contributed by atoms with Crippen molar-refractivity contribution in [2.75, 3.05) is 10.6 Å². The number of aromatic nitrogens is 2. The molecule has 0 radical (unpaired) electrons. The molecule has 2 aromatic heterocycles. The number of nitrogens with zero attached hydrogens (tertiary/aromatic N) is 2. The van der Waals surface area contributed by atoms with Crippen LogP contribution in [-0.4, -0.2) is 28.0 Å². The Labute approximate surface area is 184 Å². The molecule has 0 saturated heterocycles. The smallest absolute Gasteiger partial charge is 0.252 e. The van der Waals surface area contributed by atoms with Crippen molar-refractivity contribution < 1.29 is 13.6 Å². The van der Waals surface area contributed by atoms with Crippen LogP contribution in [0.4, 0.5) is 26.1 Å². The summed E-state index contributed by atoms with van der Waals surface area (Å²) in [5, 5.41) is 6.08. The highest BCUT2D eigenvalue weighted by molar-refractivity contribution is 5.98. The summed E-state index contributed by atoms with van der Waals surface area (Å²) in [7, 11) is 0. The molecule has 3 aromatic rings. The maximum Gasteiger partial charge on any atom is 0.252 e. The van der Waals surface area contributed by atoms with Crippen molar-refractivity contribution in [1.29, 1.82) is 0 Å². The van der Waals surface area contributed by atoms with Crippen LogP contribution in [0.5, 0.6) is 0 Å². The van der Waals surface area contributed by atoms with Crippen molar-refractivity contribution in [2.24, 2.45) is 11.5 Å². The molecule has 166 valence electrons. The average Bonchev–Trinajstić information content (AvgIpc) is 2.78. The first-order chi connectivity index (χ1) is 15.4. The molecule has 1 aliphatic carbocycles. The van der Waals surface area contributed by atoms with E-state index >= 15 is 0 Å². The van der Waals surface area contributed by atoms with E-state index in [0.29, 0.717) is 5.69 Å². The van der Waals surface area contributed by atoms with E-state index in [1.165, 1.54) is 18.3 Å². The van der Waals surface area contributed by atoms with Crippen LogP contribution in [0, 0.1) is 11.6 Å². The van der Waals surface area contributed by atoms with Gasteiger partial charge in [-0.2, -0.15) is 0 Å². The molecule has 0 unspecified atom stereocenters. The first-order valence-electron chi connectivity index (χ1n) is 10.4. The van der Waals surface area contributed by atoms with Crippen LogP contribution in [0.3, 0.4) is 0 Å². The van der Waals surface area contributed by atoms with Gasteiger partial charge in [-0.1, -0.05) is 25.0 Å². The minimum absolute atomic E-state index is 0.00231. The number of hydrogen-bond donors (Lipinski definition) is 4. The molecule has 1 saturated carbocycles. The van der Waals surface area contributed by atoms with E-state index < -0.39 is 11.7 Å². The molecule has 2 atom stereocenters. The molecular weight excluding hydrogens is 414 g/mol. The van der Waals surface area contributed by atoms with Gasteiger partial charge in [-0.25, -0.2) is 13.8 Å². The standard InChI is InChI=1S/C23H24F2N6O/c24-15-7-5-13(6-8-15)14-9-16(12-28-11-14)29-22-17(21(27)32)10-18(25)23(31-22)30-20-4-2-1-3-19(20)26/h5-12,19-20H,1-4,26H2,(H2,27,32)(H2,29,30,31)/t19-,20+/m0/s1. The number of anilines is 3. The number of carbonyl (C=O) groups excluding carboxylic acids is 1. The van der Waals surface area contributed by atoms with Gasteiger partial charge in [0.15, 0.2) is 11.6 Å². The quantitative estimate of drug-likeness (QED) is 0.463. The van der Waals surface area contributed by atoms with Gasteiger partial charge < -0.3 is 22.1 Å². The molecule has 0 spiro atoms. The third kappa shape index (κ3) is 4.83. The number of rotatable bonds is 6.